The van der Waals surface area contributed by atoms with Crippen molar-refractivity contribution in [2.45, 2.75) is 0 Å². The van der Waals surface area contributed by atoms with E-state index in [1.165, 1.54) is 4.68 Å². The summed E-state index contributed by atoms with van der Waals surface area (Å²) < 4.78 is 1.26. The van der Waals surface area contributed by atoms with Gasteiger partial charge < -0.3 is 11.2 Å². The second-order valence-electron chi connectivity index (χ2n) is 2.73. The number of carbonyl (C=O) groups excluding carboxylic acids is 1. The third-order valence-electron chi connectivity index (χ3n) is 1.76. The second-order valence-corrected chi connectivity index (χ2v) is 2.73. The normalized spacial score (nSPS) is 10.0. The van der Waals surface area contributed by atoms with Crippen molar-refractivity contribution in [1.82, 2.24) is 14.9 Å². The summed E-state index contributed by atoms with van der Waals surface area (Å²) in [7, 11) is 0. The van der Waals surface area contributed by atoms with E-state index < -0.39 is 0 Å². The highest BCUT2D eigenvalue weighted by atomic mass is 16.2. The number of H-pyrrole nitrogens is 1. The topological polar surface area (TPSA) is 88.7 Å². The molecular weight excluding hydrogens is 182 g/mol. The molecule has 0 bridgehead atoms. The van der Waals surface area contributed by atoms with Gasteiger partial charge in [0.1, 0.15) is 11.5 Å². The summed E-state index contributed by atoms with van der Waals surface area (Å²) in [5, 5.41) is 8.93. The van der Waals surface area contributed by atoms with E-state index in [-0.39, 0.29) is 5.91 Å². The number of anilines is 1. The molecule has 0 aromatic carbocycles. The van der Waals surface area contributed by atoms with Crippen LogP contribution in [0.2, 0.25) is 0 Å². The lowest BCUT2D eigenvalue weighted by molar-refractivity contribution is 0.101. The molecule has 2 rings (SSSR count). The quantitative estimate of drug-likeness (QED) is 0.591. The molecule has 0 saturated carbocycles. The molecule has 0 radical (unpaired) electrons. The number of nitrogen functional groups attached to an aromatic ring is 1. The molecule has 2 aromatic heterocycles. The van der Waals surface area contributed by atoms with Crippen molar-refractivity contribution in [3.8, 4) is 0 Å². The van der Waals surface area contributed by atoms with Gasteiger partial charge in [-0.15, -0.1) is 0 Å². The first-order chi connectivity index (χ1) is 6.77. The molecule has 6 nitrogen and oxygen atoms in total. The number of aromatic nitrogens is 3. The van der Waals surface area contributed by atoms with Gasteiger partial charge in [0.2, 0.25) is 0 Å². The Labute approximate surface area is 79.7 Å². The number of hydrogen-bond acceptors (Lipinski definition) is 3. The summed E-state index contributed by atoms with van der Waals surface area (Å²) in [5.41, 5.74) is 0.389. The first kappa shape index (κ1) is 8.36. The third kappa shape index (κ3) is 1.45. The van der Waals surface area contributed by atoms with Crippen LogP contribution in [0.5, 0.6) is 0 Å². The lowest BCUT2D eigenvalue weighted by Crippen LogP contribution is -2.20. The van der Waals surface area contributed by atoms with Crippen LogP contribution in [0.4, 0.5) is 5.82 Å². The Morgan fingerprint density at radius 1 is 1.57 bits per heavy atom. The van der Waals surface area contributed by atoms with Gasteiger partial charge in [0.15, 0.2) is 0 Å². The van der Waals surface area contributed by atoms with Gasteiger partial charge in [0.05, 0.1) is 6.20 Å². The highest BCUT2D eigenvalue weighted by Crippen LogP contribution is 2.03. The van der Waals surface area contributed by atoms with Gasteiger partial charge in [-0.2, -0.15) is 5.10 Å². The van der Waals surface area contributed by atoms with Crippen LogP contribution in [0.15, 0.2) is 30.6 Å². The largest absolute Gasteiger partial charge is 0.339 e. The summed E-state index contributed by atoms with van der Waals surface area (Å²) >= 11 is 0. The van der Waals surface area contributed by atoms with Crippen LogP contribution in [0, 0.1) is 0 Å². The highest BCUT2D eigenvalue weighted by molar-refractivity contribution is 6.02. The van der Waals surface area contributed by atoms with Crippen LogP contribution in [-0.2, 0) is 0 Å². The van der Waals surface area contributed by atoms with Gasteiger partial charge in [-0.05, 0) is 12.1 Å². The van der Waals surface area contributed by atoms with Gasteiger partial charge in [0.25, 0.3) is 5.91 Å². The maximum absolute atomic E-state index is 11.5. The summed E-state index contributed by atoms with van der Waals surface area (Å²) in [6.45, 7) is 0. The minimum atomic E-state index is -0.276. The van der Waals surface area contributed by atoms with Gasteiger partial charge in [-0.1, -0.05) is 0 Å². The lowest BCUT2D eigenvalue weighted by Gasteiger charge is -2.02. The molecule has 0 aliphatic heterocycles. The van der Waals surface area contributed by atoms with Crippen LogP contribution < -0.4 is 11.2 Å². The summed E-state index contributed by atoms with van der Waals surface area (Å²) in [4.78, 5) is 11.5. The van der Waals surface area contributed by atoms with Crippen molar-refractivity contribution in [3.63, 3.8) is 0 Å². The van der Waals surface area contributed by atoms with Crippen molar-refractivity contribution in [1.29, 1.82) is 0 Å². The van der Waals surface area contributed by atoms with Crippen LogP contribution >= 0.6 is 0 Å². The van der Waals surface area contributed by atoms with E-state index in [1.807, 2.05) is 0 Å². The number of aromatic amines is 1. The summed E-state index contributed by atoms with van der Waals surface area (Å²) in [5.74, 6) is 5.76. The van der Waals surface area contributed by atoms with Crippen molar-refractivity contribution in [2.75, 3.05) is 11.2 Å². The Bertz CT molecular complexity index is 430. The Hall–Kier alpha value is -2.24. The lowest BCUT2D eigenvalue weighted by atomic mass is 10.4. The molecule has 1 amide bonds. The second kappa shape index (κ2) is 3.25. The molecule has 2 heterocycles. The van der Waals surface area contributed by atoms with Gasteiger partial charge in [-0.3, -0.25) is 14.6 Å². The fourth-order valence-electron chi connectivity index (χ4n) is 1.10. The molecule has 0 fully saturated rings. The molecule has 0 atom stereocenters. The van der Waals surface area contributed by atoms with Crippen molar-refractivity contribution < 1.29 is 4.79 Å². The van der Waals surface area contributed by atoms with Crippen LogP contribution in [-0.4, -0.2) is 20.8 Å². The molecule has 0 aliphatic rings. The molecule has 0 aliphatic carbocycles. The summed E-state index contributed by atoms with van der Waals surface area (Å²) in [6, 6.07) is 4.98. The Kier molecular flexibility index (Phi) is 1.94. The van der Waals surface area contributed by atoms with E-state index in [4.69, 9.17) is 5.84 Å². The maximum atomic E-state index is 11.5. The number of nitrogens with one attached hydrogen (secondary N) is 2. The third-order valence-corrected chi connectivity index (χ3v) is 1.76. The Morgan fingerprint density at radius 3 is 3.00 bits per heavy atom. The first-order valence-electron chi connectivity index (χ1n) is 4.00. The molecule has 72 valence electrons. The summed E-state index contributed by atoms with van der Waals surface area (Å²) in [6.07, 6.45) is 3.15. The number of hydrogen-bond donors (Lipinski definition) is 3. The van der Waals surface area contributed by atoms with Crippen molar-refractivity contribution in [3.05, 3.63) is 36.3 Å². The average Bonchev–Trinajstić information content (AvgIpc) is 2.75. The standard InChI is InChI=1S/C8H9N5O/c9-13-5-1-2-6(13)8(14)11-7-3-4-10-12-7/h1-5H,9H2,(H2,10,11,12,14). The number of nitrogens with zero attached hydrogens (tertiary/aromatic N) is 2. The average molecular weight is 191 g/mol. The molecule has 4 N–H and O–H groups in total. The monoisotopic (exact) mass is 191 g/mol. The molecule has 14 heavy (non-hydrogen) atoms. The fourth-order valence-corrected chi connectivity index (χ4v) is 1.10. The van der Waals surface area contributed by atoms with E-state index in [0.717, 1.165) is 0 Å². The SMILES string of the molecule is Nn1cccc1C(=O)Nc1ccn[nH]1. The molecular formula is C8H9N5O. The maximum Gasteiger partial charge on any atom is 0.275 e. The highest BCUT2D eigenvalue weighted by Gasteiger charge is 2.09. The molecule has 6 heteroatoms. The minimum Gasteiger partial charge on any atom is -0.339 e. The van der Waals surface area contributed by atoms with Crippen LogP contribution in [0.3, 0.4) is 0 Å². The van der Waals surface area contributed by atoms with Crippen LogP contribution in [0.1, 0.15) is 10.5 Å². The van der Waals surface area contributed by atoms with Gasteiger partial charge in [0, 0.05) is 12.3 Å². The van der Waals surface area contributed by atoms with E-state index >= 15 is 0 Å². The number of carbonyl (C=O) groups is 1. The van der Waals surface area contributed by atoms with Crippen molar-refractivity contribution >= 4 is 11.7 Å². The minimum absolute atomic E-state index is 0.276. The fraction of sp³-hybridized carbons (Fsp3) is 0. The van der Waals surface area contributed by atoms with E-state index in [9.17, 15) is 4.79 Å². The number of rotatable bonds is 2. The predicted molar refractivity (Wildman–Crippen MR) is 51.1 cm³/mol. The Balaban J connectivity index is 2.14. The number of nitrogens with two attached hydrogens (primary N) is 1. The van der Waals surface area contributed by atoms with E-state index in [2.05, 4.69) is 15.5 Å². The molecule has 0 spiro atoms. The molecule has 0 saturated heterocycles. The molecule has 0 unspecified atom stereocenters. The van der Waals surface area contributed by atoms with E-state index in [0.29, 0.717) is 11.5 Å². The van der Waals surface area contributed by atoms with E-state index in [1.54, 1.807) is 30.6 Å². The van der Waals surface area contributed by atoms with Crippen molar-refractivity contribution in [2.24, 2.45) is 0 Å². The molecule has 2 aromatic rings. The van der Waals surface area contributed by atoms with Gasteiger partial charge in [-0.25, -0.2) is 0 Å². The van der Waals surface area contributed by atoms with Gasteiger partial charge >= 0.3 is 0 Å². The first-order valence-corrected chi connectivity index (χ1v) is 4.00. The number of amides is 1. The smallest absolute Gasteiger partial charge is 0.275 e. The predicted octanol–water partition coefficient (Wildman–Crippen LogP) is 0.177. The zero-order chi connectivity index (χ0) is 9.97. The zero-order valence-electron chi connectivity index (χ0n) is 7.27. The Morgan fingerprint density at radius 2 is 2.43 bits per heavy atom. The zero-order valence-corrected chi connectivity index (χ0v) is 7.27. The van der Waals surface area contributed by atoms with Crippen LogP contribution in [0.25, 0.3) is 0 Å².